The number of rotatable bonds is 7. The number of nitrogens with one attached hydrogen (secondary N) is 1. The monoisotopic (exact) mass is 375 g/mol. The van der Waals surface area contributed by atoms with Gasteiger partial charge in [0.2, 0.25) is 11.6 Å². The van der Waals surface area contributed by atoms with Gasteiger partial charge in [-0.25, -0.2) is 0 Å². The summed E-state index contributed by atoms with van der Waals surface area (Å²) in [5.41, 5.74) is 1.27. The van der Waals surface area contributed by atoms with Crippen LogP contribution in [-0.4, -0.2) is 4.98 Å². The Balaban J connectivity index is 1.45. The minimum Gasteiger partial charge on any atom is -0.486 e. The minimum atomic E-state index is 0.149. The van der Waals surface area contributed by atoms with Crippen molar-refractivity contribution in [1.29, 1.82) is 5.26 Å². The van der Waals surface area contributed by atoms with Crippen molar-refractivity contribution >= 4 is 5.88 Å². The lowest BCUT2D eigenvalue weighted by atomic mass is 10.2. The smallest absolute Gasteiger partial charge is 0.266 e. The van der Waals surface area contributed by atoms with Crippen LogP contribution in [-0.2, 0) is 13.2 Å². The highest BCUT2D eigenvalue weighted by Gasteiger charge is 2.17. The number of benzene rings is 1. The molecule has 28 heavy (non-hydrogen) atoms. The van der Waals surface area contributed by atoms with Gasteiger partial charge in [-0.05, 0) is 48.9 Å². The van der Waals surface area contributed by atoms with E-state index in [-0.39, 0.29) is 24.1 Å². The molecule has 0 atom stereocenters. The molecule has 7 heteroatoms. The summed E-state index contributed by atoms with van der Waals surface area (Å²) in [5, 5.41) is 12.3. The molecule has 0 unspecified atom stereocenters. The Bertz CT molecular complexity index is 1100. The lowest BCUT2D eigenvalue weighted by Crippen LogP contribution is -1.98. The van der Waals surface area contributed by atoms with E-state index in [1.807, 2.05) is 43.3 Å². The van der Waals surface area contributed by atoms with Crippen LogP contribution < -0.4 is 10.1 Å². The molecule has 0 radical (unpaired) electrons. The summed E-state index contributed by atoms with van der Waals surface area (Å²) in [6, 6.07) is 16.9. The molecule has 1 aromatic carbocycles. The largest absolute Gasteiger partial charge is 0.486 e. The summed E-state index contributed by atoms with van der Waals surface area (Å²) >= 11 is 0. The van der Waals surface area contributed by atoms with E-state index in [1.165, 1.54) is 0 Å². The van der Waals surface area contributed by atoms with E-state index >= 15 is 0 Å². The van der Waals surface area contributed by atoms with E-state index in [0.29, 0.717) is 18.1 Å². The fourth-order valence-corrected chi connectivity index (χ4v) is 2.63. The molecular formula is C21H17N3O4. The highest BCUT2D eigenvalue weighted by molar-refractivity contribution is 5.54. The molecule has 4 aromatic rings. The predicted molar refractivity (Wildman–Crippen MR) is 100 cm³/mol. The van der Waals surface area contributed by atoms with Crippen LogP contribution in [0.4, 0.5) is 5.88 Å². The van der Waals surface area contributed by atoms with Gasteiger partial charge in [-0.15, -0.1) is 0 Å². The number of furan rings is 2. The number of aryl methyl sites for hydroxylation is 1. The molecule has 0 spiro atoms. The molecule has 0 bridgehead atoms. The van der Waals surface area contributed by atoms with Crippen LogP contribution in [0.25, 0.3) is 11.7 Å². The molecule has 0 aliphatic rings. The second-order valence-electron chi connectivity index (χ2n) is 6.11. The standard InChI is InChI=1S/C21H17N3O4/c1-14-4-2-5-15(10-14)26-13-17-7-8-19(27-17)21-24-18(11-22)20(28-21)23-12-16-6-3-9-25-16/h2-10,23H,12-13H2,1H3. The maximum Gasteiger partial charge on any atom is 0.266 e. The van der Waals surface area contributed by atoms with Gasteiger partial charge < -0.3 is 23.3 Å². The van der Waals surface area contributed by atoms with E-state index in [2.05, 4.69) is 10.3 Å². The Kier molecular flexibility index (Phi) is 4.85. The van der Waals surface area contributed by atoms with E-state index < -0.39 is 0 Å². The molecular weight excluding hydrogens is 358 g/mol. The normalized spacial score (nSPS) is 10.6. The third-order valence-electron chi connectivity index (χ3n) is 3.98. The summed E-state index contributed by atoms with van der Waals surface area (Å²) in [6.07, 6.45) is 1.58. The zero-order valence-electron chi connectivity index (χ0n) is 15.1. The first-order valence-electron chi connectivity index (χ1n) is 8.67. The molecule has 0 amide bonds. The molecule has 0 fully saturated rings. The number of aromatic nitrogens is 1. The number of hydrogen-bond acceptors (Lipinski definition) is 7. The summed E-state index contributed by atoms with van der Waals surface area (Å²) in [4.78, 5) is 4.19. The third kappa shape index (κ3) is 3.91. The van der Waals surface area contributed by atoms with Gasteiger partial charge in [0.05, 0.1) is 12.8 Å². The first kappa shape index (κ1) is 17.5. The zero-order valence-corrected chi connectivity index (χ0v) is 15.1. The molecule has 0 saturated carbocycles. The fraction of sp³-hybridized carbons (Fsp3) is 0.143. The summed E-state index contributed by atoms with van der Waals surface area (Å²) in [5.74, 6) is 3.02. The molecule has 3 heterocycles. The second-order valence-corrected chi connectivity index (χ2v) is 6.11. The highest BCUT2D eigenvalue weighted by atomic mass is 16.5. The SMILES string of the molecule is Cc1cccc(OCc2ccc(-c3nc(C#N)c(NCc4ccco4)o3)o2)c1. The van der Waals surface area contributed by atoms with E-state index in [0.717, 1.165) is 17.1 Å². The van der Waals surface area contributed by atoms with E-state index in [9.17, 15) is 5.26 Å². The maximum atomic E-state index is 9.29. The van der Waals surface area contributed by atoms with Gasteiger partial charge in [0.25, 0.3) is 5.89 Å². The lowest BCUT2D eigenvalue weighted by Gasteiger charge is -2.04. The second kappa shape index (κ2) is 7.76. The van der Waals surface area contributed by atoms with Crippen molar-refractivity contribution in [1.82, 2.24) is 4.98 Å². The first-order valence-corrected chi connectivity index (χ1v) is 8.67. The van der Waals surface area contributed by atoms with Crippen LogP contribution in [0.2, 0.25) is 0 Å². The van der Waals surface area contributed by atoms with Crippen molar-refractivity contribution in [3.05, 3.63) is 77.6 Å². The molecule has 0 saturated heterocycles. The van der Waals surface area contributed by atoms with Crippen LogP contribution in [0.1, 0.15) is 22.8 Å². The summed E-state index contributed by atoms with van der Waals surface area (Å²) in [7, 11) is 0. The predicted octanol–water partition coefficient (Wildman–Crippen LogP) is 4.90. The maximum absolute atomic E-state index is 9.29. The summed E-state index contributed by atoms with van der Waals surface area (Å²) in [6.45, 7) is 2.66. The topological polar surface area (TPSA) is 97.4 Å². The van der Waals surface area contributed by atoms with Crippen molar-refractivity contribution < 1.29 is 18.0 Å². The van der Waals surface area contributed by atoms with E-state index in [1.54, 1.807) is 24.5 Å². The average Bonchev–Trinajstić information content (AvgIpc) is 3.45. The van der Waals surface area contributed by atoms with Gasteiger partial charge in [0, 0.05) is 0 Å². The number of anilines is 1. The van der Waals surface area contributed by atoms with Crippen LogP contribution in [0.5, 0.6) is 5.75 Å². The first-order chi connectivity index (χ1) is 13.7. The molecule has 1 N–H and O–H groups in total. The van der Waals surface area contributed by atoms with Gasteiger partial charge in [0.15, 0.2) is 5.76 Å². The van der Waals surface area contributed by atoms with Gasteiger partial charge in [-0.3, -0.25) is 0 Å². The third-order valence-corrected chi connectivity index (χ3v) is 3.98. The van der Waals surface area contributed by atoms with Gasteiger partial charge in [-0.2, -0.15) is 10.2 Å². The minimum absolute atomic E-state index is 0.149. The van der Waals surface area contributed by atoms with Crippen LogP contribution in [0.3, 0.4) is 0 Å². The van der Waals surface area contributed by atoms with Crippen molar-refractivity contribution in [2.75, 3.05) is 5.32 Å². The lowest BCUT2D eigenvalue weighted by molar-refractivity contribution is 0.271. The average molecular weight is 375 g/mol. The Morgan fingerprint density at radius 2 is 2.04 bits per heavy atom. The van der Waals surface area contributed by atoms with Crippen LogP contribution in [0, 0.1) is 18.3 Å². The number of nitriles is 1. The van der Waals surface area contributed by atoms with Crippen molar-refractivity contribution in [3.63, 3.8) is 0 Å². The molecule has 140 valence electrons. The fourth-order valence-electron chi connectivity index (χ4n) is 2.63. The van der Waals surface area contributed by atoms with Gasteiger partial charge in [0.1, 0.15) is 29.9 Å². The Morgan fingerprint density at radius 1 is 1.11 bits per heavy atom. The van der Waals surface area contributed by atoms with Gasteiger partial charge in [-0.1, -0.05) is 12.1 Å². The Morgan fingerprint density at radius 3 is 2.82 bits per heavy atom. The van der Waals surface area contributed by atoms with Crippen molar-refractivity contribution in [2.45, 2.75) is 20.1 Å². The quantitative estimate of drug-likeness (QED) is 0.490. The molecule has 3 aromatic heterocycles. The Labute approximate surface area is 161 Å². The number of hydrogen-bond donors (Lipinski definition) is 1. The molecule has 4 rings (SSSR count). The zero-order chi connectivity index (χ0) is 19.3. The van der Waals surface area contributed by atoms with E-state index in [4.69, 9.17) is 18.0 Å². The van der Waals surface area contributed by atoms with Crippen molar-refractivity contribution in [3.8, 4) is 23.5 Å². The molecule has 0 aliphatic carbocycles. The molecule has 7 nitrogen and oxygen atoms in total. The van der Waals surface area contributed by atoms with Gasteiger partial charge >= 0.3 is 0 Å². The molecule has 0 aliphatic heterocycles. The number of ether oxygens (including phenoxy) is 1. The van der Waals surface area contributed by atoms with Crippen molar-refractivity contribution in [2.24, 2.45) is 0 Å². The summed E-state index contributed by atoms with van der Waals surface area (Å²) < 4.78 is 22.4. The Hall–Kier alpha value is -3.92. The van der Waals surface area contributed by atoms with Crippen LogP contribution >= 0.6 is 0 Å². The number of nitrogens with zero attached hydrogens (tertiary/aromatic N) is 2. The number of oxazole rings is 1. The van der Waals surface area contributed by atoms with Crippen LogP contribution in [0.15, 0.2) is 68.0 Å². The highest BCUT2D eigenvalue weighted by Crippen LogP contribution is 2.28.